The van der Waals surface area contributed by atoms with Crippen molar-refractivity contribution in [1.82, 2.24) is 5.32 Å². The Hall–Kier alpha value is 0.110. The molecule has 1 fully saturated rings. The van der Waals surface area contributed by atoms with Gasteiger partial charge in [-0.3, -0.25) is 4.21 Å². The van der Waals surface area contributed by atoms with Gasteiger partial charge in [-0.25, -0.2) is 0 Å². The minimum Gasteiger partial charge on any atom is -0.314 e. The number of hydrogen-bond acceptors (Lipinski definition) is 2. The smallest absolute Gasteiger partial charge is 0.0329 e. The van der Waals surface area contributed by atoms with Crippen molar-refractivity contribution in [3.05, 3.63) is 0 Å². The predicted octanol–water partition coefficient (Wildman–Crippen LogP) is 2.56. The van der Waals surface area contributed by atoms with E-state index in [2.05, 4.69) is 26.1 Å². The Balaban J connectivity index is 2.20. The number of rotatable bonds is 5. The van der Waals surface area contributed by atoms with Gasteiger partial charge in [0.25, 0.3) is 0 Å². The molecular weight excluding hydrogens is 218 g/mol. The fourth-order valence-corrected chi connectivity index (χ4v) is 3.06. The van der Waals surface area contributed by atoms with Crippen LogP contribution < -0.4 is 5.32 Å². The first-order valence-electron chi connectivity index (χ1n) is 6.56. The zero-order chi connectivity index (χ0) is 12.1. The van der Waals surface area contributed by atoms with Crippen molar-refractivity contribution in [2.75, 3.05) is 12.8 Å². The molecule has 2 nitrogen and oxygen atoms in total. The summed E-state index contributed by atoms with van der Waals surface area (Å²) < 4.78 is 11.2. The van der Waals surface area contributed by atoms with E-state index in [1.165, 1.54) is 19.3 Å². The van der Waals surface area contributed by atoms with E-state index in [0.29, 0.717) is 11.3 Å². The van der Waals surface area contributed by atoms with Crippen molar-refractivity contribution in [3.8, 4) is 0 Å². The first-order chi connectivity index (χ1) is 7.50. The zero-order valence-corrected chi connectivity index (χ0v) is 12.0. The lowest BCUT2D eigenvalue weighted by Gasteiger charge is -2.33. The first-order valence-corrected chi connectivity index (χ1v) is 8.18. The zero-order valence-electron chi connectivity index (χ0n) is 11.2. The minimum atomic E-state index is -0.671. The average molecular weight is 245 g/mol. The molecule has 1 aliphatic rings. The van der Waals surface area contributed by atoms with Crippen LogP contribution in [0.25, 0.3) is 0 Å². The van der Waals surface area contributed by atoms with Crippen molar-refractivity contribution in [2.24, 2.45) is 11.8 Å². The van der Waals surface area contributed by atoms with Crippen LogP contribution in [0.5, 0.6) is 0 Å². The molecule has 5 unspecified atom stereocenters. The van der Waals surface area contributed by atoms with Gasteiger partial charge in [0.2, 0.25) is 0 Å². The summed E-state index contributed by atoms with van der Waals surface area (Å²) >= 11 is 0. The number of hydrogen-bond donors (Lipinski definition) is 1. The van der Waals surface area contributed by atoms with Crippen molar-refractivity contribution in [3.63, 3.8) is 0 Å². The molecule has 0 radical (unpaired) electrons. The molecule has 0 heterocycles. The number of nitrogens with one attached hydrogen (secondary N) is 1. The molecule has 1 aliphatic carbocycles. The average Bonchev–Trinajstić information content (AvgIpc) is 2.20. The third kappa shape index (κ3) is 4.54. The Labute approximate surface area is 103 Å². The van der Waals surface area contributed by atoms with Gasteiger partial charge in [-0.15, -0.1) is 0 Å². The topological polar surface area (TPSA) is 29.1 Å². The molecule has 3 heteroatoms. The fourth-order valence-electron chi connectivity index (χ4n) is 2.61. The summed E-state index contributed by atoms with van der Waals surface area (Å²) in [5, 5.41) is 3.97. The summed E-state index contributed by atoms with van der Waals surface area (Å²) in [6.45, 7) is 7.80. The van der Waals surface area contributed by atoms with E-state index in [1.807, 2.05) is 0 Å². The molecule has 0 bridgehead atoms. The van der Waals surface area contributed by atoms with Crippen molar-refractivity contribution >= 4 is 10.8 Å². The molecule has 1 N–H and O–H groups in total. The molecule has 0 amide bonds. The summed E-state index contributed by atoms with van der Waals surface area (Å²) in [4.78, 5) is 0. The highest BCUT2D eigenvalue weighted by atomic mass is 32.2. The molecule has 1 rings (SSSR count). The Morgan fingerprint density at radius 2 is 2.06 bits per heavy atom. The van der Waals surface area contributed by atoms with Crippen LogP contribution in [0.4, 0.5) is 0 Å². The van der Waals surface area contributed by atoms with E-state index in [-0.39, 0.29) is 0 Å². The van der Waals surface area contributed by atoms with Gasteiger partial charge in [-0.2, -0.15) is 0 Å². The molecule has 0 aromatic carbocycles. The van der Waals surface area contributed by atoms with Crippen molar-refractivity contribution < 1.29 is 4.21 Å². The molecular formula is C13H27NOS. The lowest BCUT2D eigenvalue weighted by atomic mass is 9.80. The maximum absolute atomic E-state index is 11.2. The minimum absolute atomic E-state index is 0.324. The molecule has 1 saturated carbocycles. The highest BCUT2D eigenvalue weighted by Gasteiger charge is 2.24. The van der Waals surface area contributed by atoms with Crippen LogP contribution in [-0.2, 0) is 10.8 Å². The Bertz CT molecular complexity index is 232. The molecule has 0 aliphatic heterocycles. The monoisotopic (exact) mass is 245 g/mol. The largest absolute Gasteiger partial charge is 0.314 e. The second-order valence-corrected chi connectivity index (χ2v) is 7.36. The van der Waals surface area contributed by atoms with E-state index in [0.717, 1.165) is 24.8 Å². The summed E-state index contributed by atoms with van der Waals surface area (Å²) in [6.07, 6.45) is 6.85. The van der Waals surface area contributed by atoms with Gasteiger partial charge in [-0.05, 0) is 44.1 Å². The first kappa shape index (κ1) is 14.2. The van der Waals surface area contributed by atoms with Gasteiger partial charge in [0, 0.05) is 28.3 Å². The van der Waals surface area contributed by atoms with E-state index in [9.17, 15) is 4.21 Å². The van der Waals surface area contributed by atoms with Crippen LogP contribution in [-0.4, -0.2) is 28.3 Å². The van der Waals surface area contributed by atoms with Gasteiger partial charge in [0.15, 0.2) is 0 Å². The van der Waals surface area contributed by atoms with Crippen molar-refractivity contribution in [2.45, 2.75) is 57.7 Å². The summed E-state index contributed by atoms with van der Waals surface area (Å²) in [7, 11) is -0.671. The normalized spacial score (nSPS) is 34.6. The summed E-state index contributed by atoms with van der Waals surface area (Å²) in [6, 6.07) is 0.689. The van der Waals surface area contributed by atoms with Crippen LogP contribution in [0.3, 0.4) is 0 Å². The van der Waals surface area contributed by atoms with Crippen LogP contribution >= 0.6 is 0 Å². The Morgan fingerprint density at radius 3 is 2.62 bits per heavy atom. The van der Waals surface area contributed by atoms with Crippen LogP contribution in [0, 0.1) is 11.8 Å². The highest BCUT2D eigenvalue weighted by Crippen LogP contribution is 2.28. The Kier molecular flexibility index (Phi) is 5.98. The molecule has 5 atom stereocenters. The van der Waals surface area contributed by atoms with Crippen molar-refractivity contribution in [1.29, 1.82) is 0 Å². The van der Waals surface area contributed by atoms with Crippen LogP contribution in [0.2, 0.25) is 0 Å². The Morgan fingerprint density at radius 1 is 1.38 bits per heavy atom. The van der Waals surface area contributed by atoms with Crippen LogP contribution in [0.1, 0.15) is 46.5 Å². The molecule has 96 valence electrons. The maximum atomic E-state index is 11.2. The molecule has 0 saturated heterocycles. The summed E-state index contributed by atoms with van der Waals surface area (Å²) in [5.41, 5.74) is 0. The highest BCUT2D eigenvalue weighted by molar-refractivity contribution is 7.84. The van der Waals surface area contributed by atoms with E-state index >= 15 is 0 Å². The molecule has 0 aromatic heterocycles. The molecule has 0 spiro atoms. The second-order valence-electron chi connectivity index (χ2n) is 5.55. The van der Waals surface area contributed by atoms with Gasteiger partial charge < -0.3 is 5.32 Å². The van der Waals surface area contributed by atoms with E-state index in [4.69, 9.17) is 0 Å². The third-order valence-corrected chi connectivity index (χ3v) is 5.32. The maximum Gasteiger partial charge on any atom is 0.0329 e. The predicted molar refractivity (Wildman–Crippen MR) is 72.1 cm³/mol. The second kappa shape index (κ2) is 6.75. The van der Waals surface area contributed by atoms with E-state index in [1.54, 1.807) is 6.26 Å². The standard InChI is InChI=1S/C13H27NOS/c1-10-5-6-13(11(2)9-10)14-8-7-12(3)16(4)15/h10-14H,5-9H2,1-4H3. The fraction of sp³-hybridized carbons (Fsp3) is 1.00. The SMILES string of the molecule is CC1CCC(NCCC(C)S(C)=O)C(C)C1. The molecule has 16 heavy (non-hydrogen) atoms. The lowest BCUT2D eigenvalue weighted by molar-refractivity contribution is 0.228. The van der Waals surface area contributed by atoms with Gasteiger partial charge >= 0.3 is 0 Å². The van der Waals surface area contributed by atoms with Gasteiger partial charge in [-0.1, -0.05) is 20.8 Å². The van der Waals surface area contributed by atoms with Crippen LogP contribution in [0.15, 0.2) is 0 Å². The quantitative estimate of drug-likeness (QED) is 0.806. The summed E-state index contributed by atoms with van der Waals surface area (Å²) in [5.74, 6) is 1.70. The third-order valence-electron chi connectivity index (χ3n) is 3.96. The van der Waals surface area contributed by atoms with E-state index < -0.39 is 10.8 Å². The lowest BCUT2D eigenvalue weighted by Crippen LogP contribution is -2.40. The van der Waals surface area contributed by atoms with Gasteiger partial charge in [0.1, 0.15) is 0 Å². The molecule has 0 aromatic rings. The van der Waals surface area contributed by atoms with Gasteiger partial charge in [0.05, 0.1) is 0 Å².